The van der Waals surface area contributed by atoms with Crippen LogP contribution in [0.25, 0.3) is 22.2 Å². The van der Waals surface area contributed by atoms with Crippen LogP contribution >= 0.6 is 11.6 Å². The van der Waals surface area contributed by atoms with Gasteiger partial charge in [0, 0.05) is 41.1 Å². The lowest BCUT2D eigenvalue weighted by Gasteiger charge is -2.30. The zero-order valence-corrected chi connectivity index (χ0v) is 21.2. The van der Waals surface area contributed by atoms with Gasteiger partial charge in [-0.2, -0.15) is 0 Å². The van der Waals surface area contributed by atoms with Crippen molar-refractivity contribution < 1.29 is 14.3 Å². The molecule has 1 atom stereocenters. The molecule has 2 aliphatic rings. The van der Waals surface area contributed by atoms with Crippen LogP contribution in [0.1, 0.15) is 45.1 Å². The number of nitrogens with two attached hydrogens (primary N) is 1. The number of anilines is 2. The van der Waals surface area contributed by atoms with Gasteiger partial charge in [-0.25, -0.2) is 14.8 Å². The second-order valence-corrected chi connectivity index (χ2v) is 10.2. The number of nitrogens with one attached hydrogen (secondary N) is 1. The first kappa shape index (κ1) is 23.6. The van der Waals surface area contributed by atoms with E-state index in [1.165, 1.54) is 0 Å². The topological polar surface area (TPSA) is 104 Å². The molecule has 4 aromatic rings. The summed E-state index contributed by atoms with van der Waals surface area (Å²) < 4.78 is 13.6. The Balaban J connectivity index is 1.34. The summed E-state index contributed by atoms with van der Waals surface area (Å²) in [5, 5.41) is 4.22. The van der Waals surface area contributed by atoms with E-state index >= 15 is 0 Å². The van der Waals surface area contributed by atoms with Crippen molar-refractivity contribution in [2.24, 2.45) is 5.92 Å². The summed E-state index contributed by atoms with van der Waals surface area (Å²) in [5.74, 6) is 1.10. The van der Waals surface area contributed by atoms with Gasteiger partial charge in [0.05, 0.1) is 21.9 Å². The molecule has 9 heteroatoms. The second-order valence-electron chi connectivity index (χ2n) is 9.80. The molecule has 2 aliphatic carbocycles. The highest BCUT2D eigenvalue weighted by atomic mass is 35.5. The van der Waals surface area contributed by atoms with E-state index < -0.39 is 6.09 Å². The van der Waals surface area contributed by atoms with E-state index in [0.717, 1.165) is 54.3 Å². The normalized spacial score (nSPS) is 16.3. The lowest BCUT2D eigenvalue weighted by molar-refractivity contribution is 0.108. The number of halogens is 1. The van der Waals surface area contributed by atoms with E-state index in [1.807, 2.05) is 37.3 Å². The van der Waals surface area contributed by atoms with Crippen LogP contribution in [-0.4, -0.2) is 26.7 Å². The van der Waals surface area contributed by atoms with Crippen LogP contribution in [0.2, 0.25) is 5.02 Å². The van der Waals surface area contributed by atoms with Crippen molar-refractivity contribution in [3.8, 4) is 23.0 Å². The predicted octanol–water partition coefficient (Wildman–Crippen LogP) is 7.20. The Morgan fingerprint density at radius 1 is 1.14 bits per heavy atom. The number of nitrogens with zero attached hydrogens (tertiary/aromatic N) is 3. The van der Waals surface area contributed by atoms with Crippen LogP contribution in [0.15, 0.2) is 54.9 Å². The maximum Gasteiger partial charge on any atom is 0.411 e. The molecule has 2 saturated carbocycles. The fourth-order valence-electron chi connectivity index (χ4n) is 4.89. The van der Waals surface area contributed by atoms with E-state index in [0.29, 0.717) is 34.1 Å². The number of aromatic nitrogens is 3. The van der Waals surface area contributed by atoms with Gasteiger partial charge in [0.1, 0.15) is 11.9 Å². The molecular weight excluding hydrogens is 490 g/mol. The molecule has 0 aliphatic heterocycles. The number of nitrogen functional groups attached to an aromatic ring is 1. The summed E-state index contributed by atoms with van der Waals surface area (Å²) in [6.45, 7) is 1.93. The molecule has 37 heavy (non-hydrogen) atoms. The molecule has 2 aromatic carbocycles. The molecule has 2 aromatic heterocycles. The minimum atomic E-state index is -0.471. The van der Waals surface area contributed by atoms with Crippen molar-refractivity contribution in [1.29, 1.82) is 0 Å². The molecule has 0 unspecified atom stereocenters. The Bertz CT molecular complexity index is 1460. The molecule has 0 bridgehead atoms. The van der Waals surface area contributed by atoms with E-state index in [9.17, 15) is 4.79 Å². The lowest BCUT2D eigenvalue weighted by atomic mass is 9.92. The fourth-order valence-corrected chi connectivity index (χ4v) is 5.16. The van der Waals surface area contributed by atoms with Gasteiger partial charge in [0.25, 0.3) is 0 Å². The zero-order valence-electron chi connectivity index (χ0n) is 20.5. The molecule has 190 valence electrons. The van der Waals surface area contributed by atoms with Crippen LogP contribution in [0.3, 0.4) is 0 Å². The van der Waals surface area contributed by atoms with Crippen molar-refractivity contribution >= 4 is 40.0 Å². The Morgan fingerprint density at radius 3 is 2.59 bits per heavy atom. The fraction of sp³-hybridized carbons (Fsp3) is 0.321. The Labute approximate surface area is 219 Å². The van der Waals surface area contributed by atoms with Gasteiger partial charge in [-0.3, -0.25) is 5.32 Å². The van der Waals surface area contributed by atoms with E-state index in [-0.39, 0.29) is 12.1 Å². The summed E-state index contributed by atoms with van der Waals surface area (Å²) in [7, 11) is 0. The summed E-state index contributed by atoms with van der Waals surface area (Å²) in [6.07, 6.45) is 8.23. The van der Waals surface area contributed by atoms with Crippen LogP contribution in [0.5, 0.6) is 11.8 Å². The van der Waals surface area contributed by atoms with Crippen LogP contribution < -0.4 is 15.8 Å². The van der Waals surface area contributed by atoms with Gasteiger partial charge in [0.15, 0.2) is 0 Å². The Kier molecular flexibility index (Phi) is 6.12. The highest BCUT2D eigenvalue weighted by Gasteiger charge is 2.31. The first-order chi connectivity index (χ1) is 18.0. The third kappa shape index (κ3) is 4.69. The summed E-state index contributed by atoms with van der Waals surface area (Å²) in [6, 6.07) is 13.6. The van der Waals surface area contributed by atoms with Gasteiger partial charge < -0.3 is 19.8 Å². The molecule has 0 radical (unpaired) electrons. The molecule has 0 spiro atoms. The van der Waals surface area contributed by atoms with Gasteiger partial charge in [-0.05, 0) is 81.3 Å². The van der Waals surface area contributed by atoms with E-state index in [4.69, 9.17) is 26.8 Å². The molecule has 0 saturated heterocycles. The van der Waals surface area contributed by atoms with Gasteiger partial charge in [0.2, 0.25) is 0 Å². The van der Waals surface area contributed by atoms with Crippen LogP contribution in [-0.2, 0) is 4.74 Å². The van der Waals surface area contributed by atoms with Gasteiger partial charge in [-0.15, -0.1) is 0 Å². The smallest absolute Gasteiger partial charge is 0.411 e. The third-order valence-corrected chi connectivity index (χ3v) is 7.57. The number of hydrogen-bond donors (Lipinski definition) is 2. The Hall–Kier alpha value is -3.78. The molecule has 2 fully saturated rings. The SMILES string of the molecule is C[C@@H](OC(=O)Nc1ccc(-c2c(N)c3ccc(Oc4ncccn4)cc3n2C2CCC2)c(Cl)c1)C1CC1. The quantitative estimate of drug-likeness (QED) is 0.268. The standard InChI is InChI=1S/C28H28ClN5O3/c1-16(17-6-7-17)36-28(35)33-18-8-10-21(23(29)14-18)26-25(30)22-11-9-20(37-27-31-12-3-13-32-27)15-24(22)34(26)19-4-2-5-19/h3,8-17,19H,2,4-7,30H2,1H3,(H,33,35)/t16-/m1/s1. The largest absolute Gasteiger partial charge is 0.446 e. The number of amides is 1. The number of benzene rings is 2. The summed E-state index contributed by atoms with van der Waals surface area (Å²) >= 11 is 6.79. The highest BCUT2D eigenvalue weighted by molar-refractivity contribution is 6.34. The predicted molar refractivity (Wildman–Crippen MR) is 144 cm³/mol. The average Bonchev–Trinajstić information content (AvgIpc) is 3.66. The van der Waals surface area contributed by atoms with Crippen molar-refractivity contribution in [3.63, 3.8) is 0 Å². The van der Waals surface area contributed by atoms with Gasteiger partial charge in [-0.1, -0.05) is 11.6 Å². The van der Waals surface area contributed by atoms with Crippen molar-refractivity contribution in [2.75, 3.05) is 11.1 Å². The van der Waals surface area contributed by atoms with E-state index in [1.54, 1.807) is 24.5 Å². The average molecular weight is 518 g/mol. The first-order valence-corrected chi connectivity index (χ1v) is 13.0. The van der Waals surface area contributed by atoms with Crippen molar-refractivity contribution in [3.05, 3.63) is 59.9 Å². The maximum absolute atomic E-state index is 12.3. The third-order valence-electron chi connectivity index (χ3n) is 7.26. The minimum absolute atomic E-state index is 0.0879. The molecule has 8 nitrogen and oxygen atoms in total. The van der Waals surface area contributed by atoms with Gasteiger partial charge >= 0.3 is 12.1 Å². The highest BCUT2D eigenvalue weighted by Crippen LogP contribution is 2.46. The number of carbonyl (C=O) groups is 1. The lowest BCUT2D eigenvalue weighted by Crippen LogP contribution is -2.21. The second kappa shape index (κ2) is 9.59. The summed E-state index contributed by atoms with van der Waals surface area (Å²) in [4.78, 5) is 20.6. The molecule has 2 heterocycles. The molecule has 3 N–H and O–H groups in total. The van der Waals surface area contributed by atoms with Crippen molar-refractivity contribution in [2.45, 2.75) is 51.2 Å². The molecule has 6 rings (SSSR count). The maximum atomic E-state index is 12.3. The van der Waals surface area contributed by atoms with Crippen LogP contribution in [0.4, 0.5) is 16.2 Å². The summed E-state index contributed by atoms with van der Waals surface area (Å²) in [5.41, 5.74) is 10.6. The van der Waals surface area contributed by atoms with Crippen LogP contribution in [0, 0.1) is 5.92 Å². The molecule has 1 amide bonds. The number of rotatable bonds is 7. The number of fused-ring (bicyclic) bond motifs is 1. The number of carbonyl (C=O) groups excluding carboxylic acids is 1. The zero-order chi connectivity index (χ0) is 25.5. The minimum Gasteiger partial charge on any atom is -0.446 e. The van der Waals surface area contributed by atoms with Crippen molar-refractivity contribution in [1.82, 2.24) is 14.5 Å². The Morgan fingerprint density at radius 2 is 1.92 bits per heavy atom. The number of hydrogen-bond acceptors (Lipinski definition) is 6. The molecular formula is C28H28ClN5O3. The van der Waals surface area contributed by atoms with E-state index in [2.05, 4.69) is 19.9 Å². The number of ether oxygens (including phenoxy) is 2. The monoisotopic (exact) mass is 517 g/mol. The first-order valence-electron chi connectivity index (χ1n) is 12.6.